The molecule has 0 saturated heterocycles. The van der Waals surface area contributed by atoms with Crippen LogP contribution in [-0.4, -0.2) is 32.1 Å². The average Bonchev–Trinajstić information content (AvgIpc) is 2.51. The maximum atomic E-state index is 12.2. The van der Waals surface area contributed by atoms with Gasteiger partial charge in [0.1, 0.15) is 0 Å². The monoisotopic (exact) mass is 272 g/mol. The van der Waals surface area contributed by atoms with Gasteiger partial charge in [-0.05, 0) is 16.8 Å². The first-order valence-corrected chi connectivity index (χ1v) is 6.28. The Morgan fingerprint density at radius 1 is 1.05 bits per heavy atom. The minimum Gasteiger partial charge on any atom is -0.467 e. The van der Waals surface area contributed by atoms with E-state index in [1.54, 1.807) is 6.07 Å². The van der Waals surface area contributed by atoms with Crippen molar-refractivity contribution >= 4 is 22.5 Å². The molecule has 4 nitrogen and oxygen atoms in total. The maximum Gasteiger partial charge on any atom is 0.335 e. The van der Waals surface area contributed by atoms with E-state index in [2.05, 4.69) is 4.74 Å². The summed E-state index contributed by atoms with van der Waals surface area (Å²) in [6, 6.07) is 13.3. The normalized spacial score (nSPS) is 12.1. The molecule has 104 valence electrons. The van der Waals surface area contributed by atoms with E-state index < -0.39 is 12.1 Å². The maximum absolute atomic E-state index is 12.2. The smallest absolute Gasteiger partial charge is 0.335 e. The van der Waals surface area contributed by atoms with Gasteiger partial charge in [0.15, 0.2) is 11.9 Å². The van der Waals surface area contributed by atoms with Gasteiger partial charge in [-0.1, -0.05) is 36.4 Å². The van der Waals surface area contributed by atoms with Crippen molar-refractivity contribution in [2.24, 2.45) is 0 Å². The van der Waals surface area contributed by atoms with Gasteiger partial charge >= 0.3 is 5.97 Å². The van der Waals surface area contributed by atoms with E-state index in [-0.39, 0.29) is 12.2 Å². The second kappa shape index (κ2) is 6.30. The number of rotatable bonds is 5. The van der Waals surface area contributed by atoms with E-state index in [0.29, 0.717) is 5.56 Å². The molecule has 0 heterocycles. The summed E-state index contributed by atoms with van der Waals surface area (Å²) in [5.41, 5.74) is 0.564. The van der Waals surface area contributed by atoms with Crippen molar-refractivity contribution in [3.8, 4) is 0 Å². The summed E-state index contributed by atoms with van der Waals surface area (Å²) in [5.74, 6) is -0.686. The van der Waals surface area contributed by atoms with E-state index in [0.717, 1.165) is 10.8 Å². The van der Waals surface area contributed by atoms with Gasteiger partial charge in [-0.2, -0.15) is 0 Å². The van der Waals surface area contributed by atoms with Crippen LogP contribution in [-0.2, 0) is 14.3 Å². The molecule has 0 aromatic heterocycles. The number of carbonyl (C=O) groups excluding carboxylic acids is 2. The third-order valence-corrected chi connectivity index (χ3v) is 3.19. The molecule has 1 unspecified atom stereocenters. The molecule has 2 rings (SSSR count). The summed E-state index contributed by atoms with van der Waals surface area (Å²) in [6.07, 6.45) is -0.888. The molecular formula is C16H16O4. The first kappa shape index (κ1) is 14.2. The Bertz CT molecular complexity index is 633. The Kier molecular flexibility index (Phi) is 4.48. The lowest BCUT2D eigenvalue weighted by Crippen LogP contribution is -2.27. The minimum atomic E-state index is -0.862. The molecule has 2 aromatic rings. The molecule has 0 bridgehead atoms. The van der Waals surface area contributed by atoms with Crippen molar-refractivity contribution < 1.29 is 19.1 Å². The lowest BCUT2D eigenvalue weighted by Gasteiger charge is -2.12. The minimum absolute atomic E-state index is 0.0263. The highest BCUT2D eigenvalue weighted by Gasteiger charge is 2.22. The second-order valence-electron chi connectivity index (χ2n) is 4.44. The van der Waals surface area contributed by atoms with Gasteiger partial charge in [0, 0.05) is 19.1 Å². The standard InChI is InChI=1S/C16H16O4/c1-19-15(16(18)20-2)10-14(17)13-8-7-11-5-3-4-6-12(11)9-13/h3-9,15H,10H2,1-2H3. The van der Waals surface area contributed by atoms with E-state index in [9.17, 15) is 9.59 Å². The molecule has 0 amide bonds. The van der Waals surface area contributed by atoms with Crippen LogP contribution in [0.5, 0.6) is 0 Å². The van der Waals surface area contributed by atoms with Crippen LogP contribution in [0.4, 0.5) is 0 Å². The highest BCUT2D eigenvalue weighted by atomic mass is 16.6. The molecular weight excluding hydrogens is 256 g/mol. The third-order valence-electron chi connectivity index (χ3n) is 3.19. The number of fused-ring (bicyclic) bond motifs is 1. The molecule has 20 heavy (non-hydrogen) atoms. The largest absolute Gasteiger partial charge is 0.467 e. The van der Waals surface area contributed by atoms with Crippen molar-refractivity contribution in [3.63, 3.8) is 0 Å². The molecule has 0 spiro atoms. The van der Waals surface area contributed by atoms with Crippen LogP contribution >= 0.6 is 0 Å². The van der Waals surface area contributed by atoms with E-state index >= 15 is 0 Å². The summed E-state index contributed by atoms with van der Waals surface area (Å²) in [5, 5.41) is 2.06. The van der Waals surface area contributed by atoms with Gasteiger partial charge in [-0.3, -0.25) is 4.79 Å². The van der Waals surface area contributed by atoms with Crippen LogP contribution in [0.25, 0.3) is 10.8 Å². The average molecular weight is 272 g/mol. The van der Waals surface area contributed by atoms with E-state index in [1.807, 2.05) is 36.4 Å². The molecule has 1 atom stereocenters. The summed E-state index contributed by atoms with van der Waals surface area (Å²) < 4.78 is 9.58. The Balaban J connectivity index is 2.20. The van der Waals surface area contributed by atoms with E-state index in [1.165, 1.54) is 14.2 Å². The van der Waals surface area contributed by atoms with Crippen molar-refractivity contribution in [2.75, 3.05) is 14.2 Å². The lowest BCUT2D eigenvalue weighted by atomic mass is 10.0. The predicted octanol–water partition coefficient (Wildman–Crippen LogP) is 2.60. The zero-order valence-corrected chi connectivity index (χ0v) is 11.5. The molecule has 0 aliphatic carbocycles. The number of Topliss-reactive ketones (excluding diaryl/α,β-unsaturated/α-hetero) is 1. The second-order valence-corrected chi connectivity index (χ2v) is 4.44. The molecule has 4 heteroatoms. The third kappa shape index (κ3) is 3.03. The van der Waals surface area contributed by atoms with Crippen LogP contribution in [0.3, 0.4) is 0 Å². The highest BCUT2D eigenvalue weighted by molar-refractivity contribution is 6.01. The Morgan fingerprint density at radius 2 is 1.75 bits per heavy atom. The van der Waals surface area contributed by atoms with Crippen molar-refractivity contribution in [3.05, 3.63) is 48.0 Å². The van der Waals surface area contributed by atoms with Crippen LogP contribution in [0.1, 0.15) is 16.8 Å². The number of benzene rings is 2. The number of hydrogen-bond acceptors (Lipinski definition) is 4. The van der Waals surface area contributed by atoms with Crippen LogP contribution < -0.4 is 0 Å². The number of ketones is 1. The SMILES string of the molecule is COC(=O)C(CC(=O)c1ccc2ccccc2c1)OC. The van der Waals surface area contributed by atoms with Crippen molar-refractivity contribution in [2.45, 2.75) is 12.5 Å². The highest BCUT2D eigenvalue weighted by Crippen LogP contribution is 2.17. The zero-order chi connectivity index (χ0) is 14.5. The summed E-state index contributed by atoms with van der Waals surface area (Å²) >= 11 is 0. The van der Waals surface area contributed by atoms with Crippen LogP contribution in [0.15, 0.2) is 42.5 Å². The Labute approximate surface area is 117 Å². The van der Waals surface area contributed by atoms with Gasteiger partial charge in [0.25, 0.3) is 0 Å². The molecule has 0 saturated carbocycles. The number of hydrogen-bond donors (Lipinski definition) is 0. The fourth-order valence-electron chi connectivity index (χ4n) is 2.04. The fraction of sp³-hybridized carbons (Fsp3) is 0.250. The molecule has 2 aromatic carbocycles. The van der Waals surface area contributed by atoms with Gasteiger partial charge < -0.3 is 9.47 Å². The van der Waals surface area contributed by atoms with Gasteiger partial charge in [-0.25, -0.2) is 4.79 Å². The summed E-state index contributed by atoms with van der Waals surface area (Å²) in [4.78, 5) is 23.6. The molecule has 0 N–H and O–H groups in total. The first-order chi connectivity index (χ1) is 9.65. The summed E-state index contributed by atoms with van der Waals surface area (Å²) in [6.45, 7) is 0. The van der Waals surface area contributed by atoms with Crippen LogP contribution in [0.2, 0.25) is 0 Å². The molecule has 0 aliphatic rings. The Morgan fingerprint density at radius 3 is 2.40 bits per heavy atom. The van der Waals surface area contributed by atoms with Gasteiger partial charge in [0.2, 0.25) is 0 Å². The van der Waals surface area contributed by atoms with Gasteiger partial charge in [0.05, 0.1) is 7.11 Å². The fourth-order valence-corrected chi connectivity index (χ4v) is 2.04. The quantitative estimate of drug-likeness (QED) is 0.620. The Hall–Kier alpha value is -2.20. The number of ether oxygens (including phenoxy) is 2. The molecule has 0 radical (unpaired) electrons. The topological polar surface area (TPSA) is 52.6 Å². The predicted molar refractivity (Wildman–Crippen MR) is 75.7 cm³/mol. The van der Waals surface area contributed by atoms with Gasteiger partial charge in [-0.15, -0.1) is 0 Å². The molecule has 0 fully saturated rings. The van der Waals surface area contributed by atoms with Crippen molar-refractivity contribution in [1.82, 2.24) is 0 Å². The van der Waals surface area contributed by atoms with Crippen LogP contribution in [0, 0.1) is 0 Å². The lowest BCUT2D eigenvalue weighted by molar-refractivity contribution is -0.152. The first-order valence-electron chi connectivity index (χ1n) is 6.28. The number of esters is 1. The van der Waals surface area contributed by atoms with Crippen molar-refractivity contribution in [1.29, 1.82) is 0 Å². The number of methoxy groups -OCH3 is 2. The summed E-state index contributed by atoms with van der Waals surface area (Å²) in [7, 11) is 2.66. The van der Waals surface area contributed by atoms with E-state index in [4.69, 9.17) is 4.74 Å². The number of carbonyl (C=O) groups is 2. The zero-order valence-electron chi connectivity index (χ0n) is 11.5. The molecule has 0 aliphatic heterocycles.